The van der Waals surface area contributed by atoms with Gasteiger partial charge in [-0.25, -0.2) is 0 Å². The van der Waals surface area contributed by atoms with E-state index < -0.39 is 0 Å². The van der Waals surface area contributed by atoms with Crippen LogP contribution in [0.1, 0.15) is 37.0 Å². The highest BCUT2D eigenvalue weighted by Crippen LogP contribution is 2.22. The lowest BCUT2D eigenvalue weighted by Crippen LogP contribution is -1.88. The molecule has 0 aliphatic carbocycles. The van der Waals surface area contributed by atoms with Crippen LogP contribution in [0.4, 0.5) is 0 Å². The van der Waals surface area contributed by atoms with Crippen LogP contribution < -0.4 is 0 Å². The van der Waals surface area contributed by atoms with E-state index in [4.69, 9.17) is 0 Å². The number of benzene rings is 2. The quantitative estimate of drug-likeness (QED) is 0.694. The standard InChI is InChI=1S/C16H20/c1-4-6-13-7-8-15-11-14(5-2)12(3)9-16(15)10-13/h7-11H,4-6H2,1-3H3. The Balaban J connectivity index is 2.53. The smallest absolute Gasteiger partial charge is 0.0178 e. The monoisotopic (exact) mass is 212 g/mol. The predicted molar refractivity (Wildman–Crippen MR) is 72.1 cm³/mol. The second-order valence-electron chi connectivity index (χ2n) is 4.56. The lowest BCUT2D eigenvalue weighted by atomic mass is 9.98. The van der Waals surface area contributed by atoms with Crippen molar-refractivity contribution in [3.8, 4) is 0 Å². The Labute approximate surface area is 98.3 Å². The molecule has 0 saturated carbocycles. The molecule has 2 aromatic carbocycles. The number of hydrogen-bond acceptors (Lipinski definition) is 0. The third-order valence-corrected chi connectivity index (χ3v) is 3.28. The summed E-state index contributed by atoms with van der Waals surface area (Å²) in [6, 6.07) is 11.5. The molecule has 0 atom stereocenters. The molecule has 0 radical (unpaired) electrons. The van der Waals surface area contributed by atoms with Gasteiger partial charge in [0.05, 0.1) is 0 Å². The van der Waals surface area contributed by atoms with Crippen molar-refractivity contribution in [2.45, 2.75) is 40.0 Å². The van der Waals surface area contributed by atoms with E-state index in [1.54, 1.807) is 0 Å². The van der Waals surface area contributed by atoms with Gasteiger partial charge < -0.3 is 0 Å². The molecule has 0 aromatic heterocycles. The molecule has 0 fully saturated rings. The highest BCUT2D eigenvalue weighted by molar-refractivity contribution is 5.84. The van der Waals surface area contributed by atoms with Crippen molar-refractivity contribution in [1.82, 2.24) is 0 Å². The fraction of sp³-hybridized carbons (Fsp3) is 0.375. The molecule has 0 saturated heterocycles. The molecule has 0 N–H and O–H groups in total. The molecule has 0 spiro atoms. The summed E-state index contributed by atoms with van der Waals surface area (Å²) >= 11 is 0. The third-order valence-electron chi connectivity index (χ3n) is 3.28. The van der Waals surface area contributed by atoms with Crippen LogP contribution in [-0.2, 0) is 12.8 Å². The van der Waals surface area contributed by atoms with Crippen molar-refractivity contribution < 1.29 is 0 Å². The molecule has 84 valence electrons. The minimum atomic E-state index is 1.12. The molecule has 16 heavy (non-hydrogen) atoms. The maximum atomic E-state index is 2.34. The second kappa shape index (κ2) is 4.69. The molecule has 2 aromatic rings. The van der Waals surface area contributed by atoms with Gasteiger partial charge in [0.2, 0.25) is 0 Å². The zero-order valence-electron chi connectivity index (χ0n) is 10.5. The first-order valence-corrected chi connectivity index (χ1v) is 6.26. The maximum Gasteiger partial charge on any atom is -0.0178 e. The minimum Gasteiger partial charge on any atom is -0.0651 e. The van der Waals surface area contributed by atoms with Crippen molar-refractivity contribution in [3.63, 3.8) is 0 Å². The average molecular weight is 212 g/mol. The molecule has 0 bridgehead atoms. The van der Waals surface area contributed by atoms with Crippen molar-refractivity contribution >= 4 is 10.8 Å². The summed E-state index contributed by atoms with van der Waals surface area (Å²) in [7, 11) is 0. The van der Waals surface area contributed by atoms with Gasteiger partial charge in [-0.2, -0.15) is 0 Å². The van der Waals surface area contributed by atoms with Crippen LogP contribution in [0.5, 0.6) is 0 Å². The molecule has 0 aliphatic heterocycles. The Morgan fingerprint density at radius 2 is 1.75 bits per heavy atom. The van der Waals surface area contributed by atoms with Gasteiger partial charge in [-0.3, -0.25) is 0 Å². The summed E-state index contributed by atoms with van der Waals surface area (Å²) in [4.78, 5) is 0. The van der Waals surface area contributed by atoms with E-state index >= 15 is 0 Å². The van der Waals surface area contributed by atoms with Gasteiger partial charge in [-0.15, -0.1) is 0 Å². The lowest BCUT2D eigenvalue weighted by Gasteiger charge is -2.07. The Bertz CT molecular complexity index is 495. The topological polar surface area (TPSA) is 0 Å². The molecule has 2 rings (SSSR count). The Morgan fingerprint density at radius 1 is 0.938 bits per heavy atom. The molecule has 0 heterocycles. The normalized spacial score (nSPS) is 10.9. The van der Waals surface area contributed by atoms with Crippen molar-refractivity contribution in [1.29, 1.82) is 0 Å². The average Bonchev–Trinajstić information content (AvgIpc) is 2.28. The second-order valence-corrected chi connectivity index (χ2v) is 4.56. The summed E-state index contributed by atoms with van der Waals surface area (Å²) < 4.78 is 0. The molecule has 0 nitrogen and oxygen atoms in total. The van der Waals surface area contributed by atoms with Crippen LogP contribution in [0, 0.1) is 6.92 Å². The van der Waals surface area contributed by atoms with Gasteiger partial charge in [0.15, 0.2) is 0 Å². The molecule has 0 aliphatic rings. The Kier molecular flexibility index (Phi) is 3.28. The molecule has 0 amide bonds. The summed E-state index contributed by atoms with van der Waals surface area (Å²) in [6.45, 7) is 6.67. The van der Waals surface area contributed by atoms with Crippen LogP contribution >= 0.6 is 0 Å². The van der Waals surface area contributed by atoms with Gasteiger partial charge in [-0.05, 0) is 47.2 Å². The van der Waals surface area contributed by atoms with E-state index in [1.165, 1.54) is 40.3 Å². The van der Waals surface area contributed by atoms with Crippen LogP contribution in [0.2, 0.25) is 0 Å². The number of fused-ring (bicyclic) bond motifs is 1. The third kappa shape index (κ3) is 2.11. The molecular formula is C16H20. The number of rotatable bonds is 3. The van der Waals surface area contributed by atoms with E-state index in [0.717, 1.165) is 6.42 Å². The highest BCUT2D eigenvalue weighted by Gasteiger charge is 2.01. The maximum absolute atomic E-state index is 2.34. The van der Waals surface area contributed by atoms with Gasteiger partial charge in [0.1, 0.15) is 0 Å². The highest BCUT2D eigenvalue weighted by atomic mass is 14.1. The van der Waals surface area contributed by atoms with Crippen LogP contribution in [0.25, 0.3) is 10.8 Å². The minimum absolute atomic E-state index is 1.12. The van der Waals surface area contributed by atoms with Gasteiger partial charge in [0, 0.05) is 0 Å². The van der Waals surface area contributed by atoms with Crippen LogP contribution in [-0.4, -0.2) is 0 Å². The SMILES string of the molecule is CCCc1ccc2cc(CC)c(C)cc2c1. The van der Waals surface area contributed by atoms with Crippen LogP contribution in [0.15, 0.2) is 30.3 Å². The van der Waals surface area contributed by atoms with E-state index in [9.17, 15) is 0 Å². The summed E-state index contributed by atoms with van der Waals surface area (Å²) in [5.41, 5.74) is 4.35. The predicted octanol–water partition coefficient (Wildman–Crippen LogP) is 4.66. The first-order valence-electron chi connectivity index (χ1n) is 6.26. The van der Waals surface area contributed by atoms with E-state index in [0.29, 0.717) is 0 Å². The van der Waals surface area contributed by atoms with E-state index in [1.807, 2.05) is 0 Å². The zero-order valence-corrected chi connectivity index (χ0v) is 10.5. The molecule has 0 heteroatoms. The van der Waals surface area contributed by atoms with Crippen molar-refractivity contribution in [3.05, 3.63) is 47.0 Å². The van der Waals surface area contributed by atoms with Crippen molar-refractivity contribution in [2.75, 3.05) is 0 Å². The van der Waals surface area contributed by atoms with Gasteiger partial charge in [-0.1, -0.05) is 50.6 Å². The first-order chi connectivity index (χ1) is 7.74. The van der Waals surface area contributed by atoms with Crippen molar-refractivity contribution in [2.24, 2.45) is 0 Å². The van der Waals surface area contributed by atoms with Gasteiger partial charge >= 0.3 is 0 Å². The Morgan fingerprint density at radius 3 is 2.44 bits per heavy atom. The van der Waals surface area contributed by atoms with Gasteiger partial charge in [0.25, 0.3) is 0 Å². The number of hydrogen-bond donors (Lipinski definition) is 0. The fourth-order valence-electron chi connectivity index (χ4n) is 2.33. The van der Waals surface area contributed by atoms with Crippen LogP contribution in [0.3, 0.4) is 0 Å². The van der Waals surface area contributed by atoms with E-state index in [-0.39, 0.29) is 0 Å². The fourth-order valence-corrected chi connectivity index (χ4v) is 2.33. The summed E-state index contributed by atoms with van der Waals surface area (Å²) in [5, 5.41) is 2.77. The summed E-state index contributed by atoms with van der Waals surface area (Å²) in [5.74, 6) is 0. The summed E-state index contributed by atoms with van der Waals surface area (Å²) in [6.07, 6.45) is 3.53. The largest absolute Gasteiger partial charge is 0.0651 e. The first kappa shape index (κ1) is 11.2. The zero-order chi connectivity index (χ0) is 11.5. The Hall–Kier alpha value is -1.30. The molecule has 0 unspecified atom stereocenters. The lowest BCUT2D eigenvalue weighted by molar-refractivity contribution is 0.923. The molecular weight excluding hydrogens is 192 g/mol. The van der Waals surface area contributed by atoms with E-state index in [2.05, 4.69) is 51.1 Å². The number of aryl methyl sites for hydroxylation is 3.